The van der Waals surface area contributed by atoms with Crippen molar-refractivity contribution in [3.63, 3.8) is 0 Å². The zero-order valence-electron chi connectivity index (χ0n) is 19.1. The van der Waals surface area contributed by atoms with Crippen LogP contribution in [0.2, 0.25) is 0 Å². The minimum atomic E-state index is 0.913. The Morgan fingerprint density at radius 2 is 0.722 bits per heavy atom. The number of benzene rings is 6. The predicted octanol–water partition coefficient (Wildman–Crippen LogP) is 9.47. The van der Waals surface area contributed by atoms with Crippen molar-refractivity contribution in [2.75, 3.05) is 0 Å². The van der Waals surface area contributed by atoms with E-state index in [1.54, 1.807) is 0 Å². The standard InChI is InChI=1S/C34H18Br2/c35-33-31(21-19-25-13-7-11-23-9-1-3-15-27(23)25)29-17-5-6-18-30(29)32(34(33)36)22-20-26-14-8-12-24-10-2-4-16-28(24)26/h1-18H. The molecule has 0 spiro atoms. The third-order valence-corrected chi connectivity index (χ3v) is 8.44. The highest BCUT2D eigenvalue weighted by molar-refractivity contribution is 9.13. The second kappa shape index (κ2) is 9.67. The minimum absolute atomic E-state index is 0.913. The maximum absolute atomic E-state index is 3.82. The molecule has 0 nitrogen and oxygen atoms in total. The fourth-order valence-electron chi connectivity index (χ4n) is 4.55. The molecule has 0 radical (unpaired) electrons. The zero-order valence-corrected chi connectivity index (χ0v) is 22.3. The van der Waals surface area contributed by atoms with Crippen molar-refractivity contribution in [2.24, 2.45) is 0 Å². The largest absolute Gasteiger partial charge is 0.0616 e. The summed E-state index contributed by atoms with van der Waals surface area (Å²) < 4.78 is 1.83. The molecule has 0 N–H and O–H groups in total. The summed E-state index contributed by atoms with van der Waals surface area (Å²) in [5, 5.41) is 6.83. The molecule has 0 amide bonds. The molecule has 0 aliphatic carbocycles. The molecule has 0 atom stereocenters. The zero-order chi connectivity index (χ0) is 24.5. The van der Waals surface area contributed by atoms with Crippen molar-refractivity contribution in [1.29, 1.82) is 0 Å². The van der Waals surface area contributed by atoms with E-state index in [0.717, 1.165) is 52.7 Å². The first kappa shape index (κ1) is 22.6. The van der Waals surface area contributed by atoms with E-state index >= 15 is 0 Å². The lowest BCUT2D eigenvalue weighted by atomic mass is 9.98. The Labute approximate surface area is 227 Å². The van der Waals surface area contributed by atoms with Crippen LogP contribution in [-0.2, 0) is 0 Å². The van der Waals surface area contributed by atoms with E-state index in [9.17, 15) is 0 Å². The molecule has 0 unspecified atom stereocenters. The van der Waals surface area contributed by atoms with Gasteiger partial charge in [0.15, 0.2) is 0 Å². The van der Waals surface area contributed by atoms with Crippen LogP contribution >= 0.6 is 31.9 Å². The first-order chi connectivity index (χ1) is 17.7. The van der Waals surface area contributed by atoms with Gasteiger partial charge in [-0.15, -0.1) is 0 Å². The van der Waals surface area contributed by atoms with Gasteiger partial charge in [-0.2, -0.15) is 0 Å². The van der Waals surface area contributed by atoms with E-state index in [2.05, 4.69) is 153 Å². The summed E-state index contributed by atoms with van der Waals surface area (Å²) in [7, 11) is 0. The second-order valence-electron chi connectivity index (χ2n) is 8.48. The maximum atomic E-state index is 3.82. The Morgan fingerprint density at radius 3 is 1.17 bits per heavy atom. The number of halogens is 2. The number of hydrogen-bond acceptors (Lipinski definition) is 0. The molecule has 0 saturated heterocycles. The van der Waals surface area contributed by atoms with Crippen LogP contribution in [0.4, 0.5) is 0 Å². The molecule has 0 heterocycles. The van der Waals surface area contributed by atoms with Gasteiger partial charge in [-0.3, -0.25) is 0 Å². The maximum Gasteiger partial charge on any atom is 0.0493 e. The van der Waals surface area contributed by atoms with Gasteiger partial charge in [-0.25, -0.2) is 0 Å². The van der Waals surface area contributed by atoms with E-state index in [4.69, 9.17) is 0 Å². The van der Waals surface area contributed by atoms with Crippen LogP contribution in [0, 0.1) is 23.7 Å². The Bertz CT molecular complexity index is 1770. The summed E-state index contributed by atoms with van der Waals surface area (Å²) in [6.45, 7) is 0. The molecule has 0 fully saturated rings. The van der Waals surface area contributed by atoms with Gasteiger partial charge in [0.05, 0.1) is 0 Å². The normalized spacial score (nSPS) is 10.6. The van der Waals surface area contributed by atoms with Crippen molar-refractivity contribution in [2.45, 2.75) is 0 Å². The Kier molecular flexibility index (Phi) is 6.08. The lowest BCUT2D eigenvalue weighted by Crippen LogP contribution is -1.91. The number of rotatable bonds is 0. The van der Waals surface area contributed by atoms with E-state index in [1.807, 2.05) is 12.1 Å². The Hall–Kier alpha value is -3.82. The molecule has 2 heteroatoms. The highest BCUT2D eigenvalue weighted by Gasteiger charge is 2.14. The molecule has 0 aliphatic rings. The third-order valence-electron chi connectivity index (χ3n) is 6.32. The van der Waals surface area contributed by atoms with Crippen LogP contribution < -0.4 is 0 Å². The highest BCUT2D eigenvalue weighted by atomic mass is 79.9. The summed E-state index contributed by atoms with van der Waals surface area (Å²) in [6, 6.07) is 37.5. The molecule has 0 bridgehead atoms. The first-order valence-corrected chi connectivity index (χ1v) is 13.2. The number of hydrogen-bond donors (Lipinski definition) is 0. The molecule has 168 valence electrons. The van der Waals surface area contributed by atoms with Crippen molar-refractivity contribution < 1.29 is 0 Å². The second-order valence-corrected chi connectivity index (χ2v) is 10.1. The predicted molar refractivity (Wildman–Crippen MR) is 159 cm³/mol. The van der Waals surface area contributed by atoms with Crippen molar-refractivity contribution in [3.05, 3.63) is 140 Å². The minimum Gasteiger partial charge on any atom is -0.0616 e. The van der Waals surface area contributed by atoms with Crippen molar-refractivity contribution in [3.8, 4) is 23.7 Å². The molecule has 6 aromatic rings. The molecule has 0 saturated carbocycles. The average molecular weight is 586 g/mol. The van der Waals surface area contributed by atoms with Crippen LogP contribution in [-0.4, -0.2) is 0 Å². The third kappa shape index (κ3) is 4.10. The average Bonchev–Trinajstić information content (AvgIpc) is 2.93. The Morgan fingerprint density at radius 1 is 0.361 bits per heavy atom. The molecule has 36 heavy (non-hydrogen) atoms. The fraction of sp³-hybridized carbons (Fsp3) is 0. The van der Waals surface area contributed by atoms with Crippen LogP contribution in [0.1, 0.15) is 22.3 Å². The molecule has 6 rings (SSSR count). The van der Waals surface area contributed by atoms with Gasteiger partial charge in [0.25, 0.3) is 0 Å². The summed E-state index contributed by atoms with van der Waals surface area (Å²) in [5.41, 5.74) is 3.92. The van der Waals surface area contributed by atoms with Gasteiger partial charge in [0, 0.05) is 31.2 Å². The van der Waals surface area contributed by atoms with Crippen LogP contribution in [0.3, 0.4) is 0 Å². The van der Waals surface area contributed by atoms with Gasteiger partial charge in [-0.05, 0) is 76.3 Å². The fourth-order valence-corrected chi connectivity index (χ4v) is 5.57. The molecule has 0 aliphatic heterocycles. The van der Waals surface area contributed by atoms with E-state index in [-0.39, 0.29) is 0 Å². The van der Waals surface area contributed by atoms with Crippen LogP contribution in [0.25, 0.3) is 32.3 Å². The van der Waals surface area contributed by atoms with Crippen LogP contribution in [0.5, 0.6) is 0 Å². The van der Waals surface area contributed by atoms with E-state index in [1.165, 1.54) is 10.8 Å². The van der Waals surface area contributed by atoms with Gasteiger partial charge in [0.1, 0.15) is 0 Å². The van der Waals surface area contributed by atoms with Crippen LogP contribution in [0.15, 0.2) is 118 Å². The highest BCUT2D eigenvalue weighted by Crippen LogP contribution is 2.37. The van der Waals surface area contributed by atoms with Gasteiger partial charge in [0.2, 0.25) is 0 Å². The van der Waals surface area contributed by atoms with Gasteiger partial charge in [-0.1, -0.05) is 121 Å². The smallest absolute Gasteiger partial charge is 0.0493 e. The molecular weight excluding hydrogens is 568 g/mol. The monoisotopic (exact) mass is 584 g/mol. The van der Waals surface area contributed by atoms with Gasteiger partial charge < -0.3 is 0 Å². The molecular formula is C34H18Br2. The first-order valence-electron chi connectivity index (χ1n) is 11.6. The summed E-state index contributed by atoms with van der Waals surface area (Å²) >= 11 is 7.65. The lowest BCUT2D eigenvalue weighted by molar-refractivity contribution is 1.56. The number of fused-ring (bicyclic) bond motifs is 3. The summed E-state index contributed by atoms with van der Waals surface area (Å²) in [4.78, 5) is 0. The SMILES string of the molecule is Brc1c(Br)c(C#Cc2cccc3ccccc23)c2ccccc2c1C#Cc1cccc2ccccc12. The van der Waals surface area contributed by atoms with Crippen molar-refractivity contribution in [1.82, 2.24) is 0 Å². The molecule has 6 aromatic carbocycles. The summed E-state index contributed by atoms with van der Waals surface area (Å²) in [5.74, 6) is 13.8. The van der Waals surface area contributed by atoms with E-state index in [0.29, 0.717) is 0 Å². The lowest BCUT2D eigenvalue weighted by Gasteiger charge is -2.10. The summed E-state index contributed by atoms with van der Waals surface area (Å²) in [6.07, 6.45) is 0. The Balaban J connectivity index is 1.52. The van der Waals surface area contributed by atoms with Crippen molar-refractivity contribution >= 4 is 64.2 Å². The van der Waals surface area contributed by atoms with E-state index < -0.39 is 0 Å². The topological polar surface area (TPSA) is 0 Å². The van der Waals surface area contributed by atoms with Gasteiger partial charge >= 0.3 is 0 Å². The quantitative estimate of drug-likeness (QED) is 0.156. The molecule has 0 aromatic heterocycles.